The first-order chi connectivity index (χ1) is 13.7. The second-order valence-electron chi connectivity index (χ2n) is 5.66. The number of halogens is 1. The topological polar surface area (TPSA) is 146 Å². The number of hydrogen-bond acceptors (Lipinski definition) is 8. The molecule has 9 nitrogen and oxygen atoms in total. The van der Waals surface area contributed by atoms with Crippen LogP contribution in [0.2, 0.25) is 5.02 Å². The Kier molecular flexibility index (Phi) is 6.89. The Bertz CT molecular complexity index is 1040. The lowest BCUT2D eigenvalue weighted by molar-refractivity contribution is -0.385. The molecule has 0 aromatic heterocycles. The number of nitrogens with two attached hydrogens (primary N) is 1. The minimum atomic E-state index is -0.797. The quantitative estimate of drug-likeness (QED) is 0.237. The summed E-state index contributed by atoms with van der Waals surface area (Å²) < 4.78 is 10.3. The summed E-state index contributed by atoms with van der Waals surface area (Å²) in [6, 6.07) is 11.1. The van der Waals surface area contributed by atoms with Crippen molar-refractivity contribution in [2.75, 3.05) is 6.61 Å². The van der Waals surface area contributed by atoms with Crippen molar-refractivity contribution in [3.8, 4) is 17.6 Å². The summed E-state index contributed by atoms with van der Waals surface area (Å²) in [4.78, 5) is 34.3. The van der Waals surface area contributed by atoms with Crippen molar-refractivity contribution < 1.29 is 24.0 Å². The number of Topliss-reactive ketones (excluding diaryl/α,β-unsaturated/α-hetero) is 1. The maximum Gasteiger partial charge on any atom is 0.338 e. The van der Waals surface area contributed by atoms with E-state index in [4.69, 9.17) is 32.1 Å². The number of rotatable bonds is 7. The summed E-state index contributed by atoms with van der Waals surface area (Å²) >= 11 is 5.75. The predicted octanol–water partition coefficient (Wildman–Crippen LogP) is 3.52. The molecule has 0 aliphatic carbocycles. The summed E-state index contributed by atoms with van der Waals surface area (Å²) in [7, 11) is 0. The van der Waals surface area contributed by atoms with E-state index in [0.29, 0.717) is 0 Å². The lowest BCUT2D eigenvalue weighted by Crippen LogP contribution is -2.17. The zero-order valence-electron chi connectivity index (χ0n) is 15.0. The number of ether oxygens (including phenoxy) is 2. The molecule has 0 saturated heterocycles. The molecule has 0 amide bonds. The Balaban J connectivity index is 2.07. The van der Waals surface area contributed by atoms with Crippen LogP contribution in [0, 0.1) is 21.4 Å². The number of nitriles is 1. The van der Waals surface area contributed by atoms with E-state index in [9.17, 15) is 19.7 Å². The molecule has 148 valence electrons. The number of esters is 1. The van der Waals surface area contributed by atoms with Crippen molar-refractivity contribution in [3.63, 3.8) is 0 Å². The van der Waals surface area contributed by atoms with Crippen LogP contribution in [0.15, 0.2) is 53.7 Å². The van der Waals surface area contributed by atoms with Crippen LogP contribution in [0.5, 0.6) is 11.5 Å². The Morgan fingerprint density at radius 3 is 2.45 bits per heavy atom. The molecule has 0 aliphatic rings. The largest absolute Gasteiger partial charge is 0.454 e. The molecular weight excluding hydrogens is 402 g/mol. The third-order valence-electron chi connectivity index (χ3n) is 3.55. The second kappa shape index (κ2) is 9.34. The molecule has 2 aromatic carbocycles. The van der Waals surface area contributed by atoms with Crippen molar-refractivity contribution in [1.82, 2.24) is 0 Å². The van der Waals surface area contributed by atoms with Gasteiger partial charge in [-0.1, -0.05) is 11.6 Å². The van der Waals surface area contributed by atoms with E-state index in [1.54, 1.807) is 6.07 Å². The maximum atomic E-state index is 12.0. The Morgan fingerprint density at radius 1 is 1.24 bits per heavy atom. The number of nitro benzene ring substituents is 1. The number of ketones is 1. The molecule has 0 fully saturated rings. The van der Waals surface area contributed by atoms with Gasteiger partial charge in [-0.2, -0.15) is 5.26 Å². The van der Waals surface area contributed by atoms with Gasteiger partial charge in [0.15, 0.2) is 6.61 Å². The van der Waals surface area contributed by atoms with Gasteiger partial charge >= 0.3 is 11.7 Å². The van der Waals surface area contributed by atoms with Crippen LogP contribution in [-0.4, -0.2) is 23.3 Å². The number of carbonyl (C=O) groups is 2. The molecule has 2 aromatic rings. The lowest BCUT2D eigenvalue weighted by Gasteiger charge is -2.08. The van der Waals surface area contributed by atoms with Crippen LogP contribution in [0.3, 0.4) is 0 Å². The molecule has 29 heavy (non-hydrogen) atoms. The zero-order chi connectivity index (χ0) is 21.6. The van der Waals surface area contributed by atoms with Crippen molar-refractivity contribution in [2.24, 2.45) is 5.73 Å². The summed E-state index contributed by atoms with van der Waals surface area (Å²) in [6.07, 6.45) is 0. The number of benzene rings is 2. The molecular formula is C19H14ClN3O6. The normalized spacial score (nSPS) is 11.1. The van der Waals surface area contributed by atoms with Gasteiger partial charge in [-0.15, -0.1) is 0 Å². The second-order valence-corrected chi connectivity index (χ2v) is 6.10. The van der Waals surface area contributed by atoms with Crippen molar-refractivity contribution in [3.05, 3.63) is 74.4 Å². The van der Waals surface area contributed by atoms with E-state index in [1.165, 1.54) is 43.3 Å². The average Bonchev–Trinajstić information content (AvgIpc) is 2.68. The molecule has 0 bridgehead atoms. The fourth-order valence-electron chi connectivity index (χ4n) is 2.16. The molecule has 0 unspecified atom stereocenters. The van der Waals surface area contributed by atoms with Gasteiger partial charge in [0.05, 0.1) is 10.5 Å². The third kappa shape index (κ3) is 5.54. The van der Waals surface area contributed by atoms with Gasteiger partial charge in [0.25, 0.3) is 0 Å². The van der Waals surface area contributed by atoms with E-state index in [-0.39, 0.29) is 39.0 Å². The van der Waals surface area contributed by atoms with Gasteiger partial charge in [0, 0.05) is 16.8 Å². The molecule has 0 atom stereocenters. The molecule has 2 rings (SSSR count). The summed E-state index contributed by atoms with van der Waals surface area (Å²) in [5, 5.41) is 20.1. The summed E-state index contributed by atoms with van der Waals surface area (Å²) in [5.74, 6) is -1.30. The molecule has 0 saturated carbocycles. The van der Waals surface area contributed by atoms with Gasteiger partial charge in [-0.05, 0) is 43.3 Å². The highest BCUT2D eigenvalue weighted by molar-refractivity contribution is 6.30. The van der Waals surface area contributed by atoms with Crippen molar-refractivity contribution in [2.45, 2.75) is 6.92 Å². The molecule has 0 heterocycles. The number of hydrogen-bond donors (Lipinski definition) is 1. The number of nitrogens with zero attached hydrogens (tertiary/aromatic N) is 2. The van der Waals surface area contributed by atoms with E-state index in [2.05, 4.69) is 0 Å². The van der Waals surface area contributed by atoms with Crippen molar-refractivity contribution in [1.29, 1.82) is 5.26 Å². The first-order valence-corrected chi connectivity index (χ1v) is 8.39. The van der Waals surface area contributed by atoms with Gasteiger partial charge in [0.2, 0.25) is 11.5 Å². The van der Waals surface area contributed by atoms with Crippen LogP contribution in [-0.2, 0) is 9.53 Å². The van der Waals surface area contributed by atoms with Crippen LogP contribution in [0.25, 0.3) is 0 Å². The van der Waals surface area contributed by atoms with Gasteiger partial charge in [0.1, 0.15) is 17.4 Å². The molecule has 0 radical (unpaired) electrons. The SMILES string of the molecule is CC(N)=C(C#N)C(=O)COC(=O)c1ccc(Oc2ccc(Cl)cc2[N+](=O)[O-])cc1. The fourth-order valence-corrected chi connectivity index (χ4v) is 2.33. The number of carbonyl (C=O) groups excluding carboxylic acids is 2. The number of allylic oxidation sites excluding steroid dienone is 1. The van der Waals surface area contributed by atoms with Crippen LogP contribution in [0.1, 0.15) is 17.3 Å². The number of nitro groups is 1. The smallest absolute Gasteiger partial charge is 0.338 e. The first-order valence-electron chi connectivity index (χ1n) is 8.01. The fraction of sp³-hybridized carbons (Fsp3) is 0.105. The monoisotopic (exact) mass is 415 g/mol. The van der Waals surface area contributed by atoms with Gasteiger partial charge < -0.3 is 15.2 Å². The molecule has 0 spiro atoms. The minimum absolute atomic E-state index is 0.0201. The molecule has 10 heteroatoms. The molecule has 0 aliphatic heterocycles. The van der Waals surface area contributed by atoms with Crippen LogP contribution < -0.4 is 10.5 Å². The Morgan fingerprint density at radius 2 is 1.90 bits per heavy atom. The lowest BCUT2D eigenvalue weighted by atomic mass is 10.1. The van der Waals surface area contributed by atoms with Gasteiger partial charge in [-0.3, -0.25) is 14.9 Å². The summed E-state index contributed by atoms with van der Waals surface area (Å²) in [5.41, 5.74) is 4.98. The minimum Gasteiger partial charge on any atom is -0.454 e. The van der Waals surface area contributed by atoms with E-state index >= 15 is 0 Å². The van der Waals surface area contributed by atoms with Crippen LogP contribution in [0.4, 0.5) is 5.69 Å². The highest BCUT2D eigenvalue weighted by Crippen LogP contribution is 2.33. The van der Waals surface area contributed by atoms with E-state index in [1.807, 2.05) is 0 Å². The predicted molar refractivity (Wildman–Crippen MR) is 102 cm³/mol. The third-order valence-corrected chi connectivity index (χ3v) is 3.79. The Hall–Kier alpha value is -3.90. The van der Waals surface area contributed by atoms with E-state index in [0.717, 1.165) is 6.07 Å². The first kappa shape index (κ1) is 21.4. The highest BCUT2D eigenvalue weighted by Gasteiger charge is 2.18. The standard InChI is InChI=1S/C19H14ClN3O6/c1-11(22)15(9-21)17(24)10-28-19(25)12-2-5-14(6-3-12)29-18-7-4-13(20)8-16(18)23(26)27/h2-8H,10,22H2,1H3. The van der Waals surface area contributed by atoms with E-state index < -0.39 is 23.3 Å². The average molecular weight is 416 g/mol. The van der Waals surface area contributed by atoms with Crippen molar-refractivity contribution >= 4 is 29.0 Å². The summed E-state index contributed by atoms with van der Waals surface area (Å²) in [6.45, 7) is 0.757. The van der Waals surface area contributed by atoms with Crippen LogP contribution >= 0.6 is 11.6 Å². The zero-order valence-corrected chi connectivity index (χ0v) is 15.8. The highest BCUT2D eigenvalue weighted by atomic mass is 35.5. The molecule has 2 N–H and O–H groups in total. The maximum absolute atomic E-state index is 12.0. The Labute approximate surface area is 170 Å². The van der Waals surface area contributed by atoms with Gasteiger partial charge in [-0.25, -0.2) is 4.79 Å².